The van der Waals surface area contributed by atoms with Crippen molar-refractivity contribution in [3.63, 3.8) is 0 Å². The van der Waals surface area contributed by atoms with Crippen LogP contribution in [0.3, 0.4) is 0 Å². The van der Waals surface area contributed by atoms with Crippen molar-refractivity contribution in [3.05, 3.63) is 69.3 Å². The number of nitriles is 1. The summed E-state index contributed by atoms with van der Waals surface area (Å²) in [4.78, 5) is 0. The molecular weight excluding hydrogens is 393 g/mol. The summed E-state index contributed by atoms with van der Waals surface area (Å²) in [5.41, 5.74) is 0.732. The summed E-state index contributed by atoms with van der Waals surface area (Å²) in [5.74, 6) is 0. The first-order valence-electron chi connectivity index (χ1n) is 7.24. The van der Waals surface area contributed by atoms with Crippen molar-refractivity contribution in [2.24, 2.45) is 0 Å². The maximum atomic E-state index is 9.96. The number of hydrogen-bond donors (Lipinski definition) is 0. The van der Waals surface area contributed by atoms with Gasteiger partial charge in [0.15, 0.2) is 0 Å². The minimum atomic E-state index is -1.00. The standard InChI is InChI=1S/C9H5NS.C8H5BrS.CH3F/c10-6-7-1-2-9-8(5-7)3-4-11-9;9-7-1-2-8-6(5-7)3-4-10-8;1-2/h1-5H;1-5H;1H3/i;;1D. The number of hydrogen-bond acceptors (Lipinski definition) is 3. The van der Waals surface area contributed by atoms with Crippen molar-refractivity contribution in [3.8, 4) is 6.07 Å². The fraction of sp³-hybridized carbons (Fsp3) is 0.0556. The third-order valence-corrected chi connectivity index (χ3v) is 5.28. The van der Waals surface area contributed by atoms with Gasteiger partial charge in [0.05, 0.1) is 20.2 Å². The Balaban J connectivity index is 0.000000150. The van der Waals surface area contributed by atoms with Gasteiger partial charge in [0, 0.05) is 13.9 Å². The van der Waals surface area contributed by atoms with Crippen molar-refractivity contribution < 1.29 is 5.76 Å². The van der Waals surface area contributed by atoms with Crippen LogP contribution >= 0.6 is 38.6 Å². The van der Waals surface area contributed by atoms with E-state index in [0.29, 0.717) is 0 Å². The minimum absolute atomic E-state index is 0.732. The summed E-state index contributed by atoms with van der Waals surface area (Å²) in [7, 11) is -1.00. The van der Waals surface area contributed by atoms with Gasteiger partial charge in [-0.1, -0.05) is 15.9 Å². The van der Waals surface area contributed by atoms with Crippen LogP contribution in [0, 0.1) is 11.3 Å². The SMILES string of the molecule is Brc1ccc2sccc2c1.N#Cc1ccc2sccc2c1.[2H]CF. The van der Waals surface area contributed by atoms with E-state index in [4.69, 9.17) is 6.63 Å². The lowest BCUT2D eigenvalue weighted by atomic mass is 10.2. The number of rotatable bonds is 0. The van der Waals surface area contributed by atoms with Gasteiger partial charge in [-0.25, -0.2) is 0 Å². The predicted molar refractivity (Wildman–Crippen MR) is 103 cm³/mol. The maximum absolute atomic E-state index is 9.96. The van der Waals surface area contributed by atoms with Gasteiger partial charge in [0.1, 0.15) is 0 Å². The Morgan fingerprint density at radius 3 is 2.17 bits per heavy atom. The van der Waals surface area contributed by atoms with Crippen molar-refractivity contribution >= 4 is 58.8 Å². The molecule has 23 heavy (non-hydrogen) atoms. The first kappa shape index (κ1) is 16.1. The first-order chi connectivity index (χ1) is 11.7. The van der Waals surface area contributed by atoms with Crippen molar-refractivity contribution in [2.45, 2.75) is 0 Å². The van der Waals surface area contributed by atoms with Crippen LogP contribution in [-0.2, 0) is 0 Å². The topological polar surface area (TPSA) is 23.8 Å². The van der Waals surface area contributed by atoms with E-state index >= 15 is 0 Å². The lowest BCUT2D eigenvalue weighted by Crippen LogP contribution is -1.69. The zero-order valence-corrected chi connectivity index (χ0v) is 15.2. The summed E-state index contributed by atoms with van der Waals surface area (Å²) < 4.78 is 19.2. The van der Waals surface area contributed by atoms with Crippen LogP contribution < -0.4 is 0 Å². The highest BCUT2D eigenvalue weighted by Crippen LogP contribution is 2.24. The van der Waals surface area contributed by atoms with E-state index in [-0.39, 0.29) is 0 Å². The zero-order chi connectivity index (χ0) is 17.4. The maximum Gasteiger partial charge on any atom is 0.0991 e. The second kappa shape index (κ2) is 8.78. The van der Waals surface area contributed by atoms with Gasteiger partial charge in [0.25, 0.3) is 0 Å². The van der Waals surface area contributed by atoms with E-state index in [9.17, 15) is 4.39 Å². The molecule has 2 aromatic heterocycles. The average molecular weight is 407 g/mol. The summed E-state index contributed by atoms with van der Waals surface area (Å²) in [6, 6.07) is 18.3. The Morgan fingerprint density at radius 1 is 1.00 bits per heavy atom. The van der Waals surface area contributed by atoms with E-state index in [1.807, 2.05) is 29.6 Å². The highest BCUT2D eigenvalue weighted by atomic mass is 79.9. The summed E-state index contributed by atoms with van der Waals surface area (Å²) in [6.07, 6.45) is 0. The lowest BCUT2D eigenvalue weighted by molar-refractivity contribution is 0.636. The van der Waals surface area contributed by atoms with E-state index in [2.05, 4.69) is 51.6 Å². The van der Waals surface area contributed by atoms with E-state index in [1.165, 1.54) is 14.8 Å². The molecule has 4 aromatic rings. The molecule has 0 fully saturated rings. The van der Waals surface area contributed by atoms with E-state index in [1.54, 1.807) is 22.7 Å². The smallest absolute Gasteiger partial charge is 0.0991 e. The van der Waals surface area contributed by atoms with Gasteiger partial charge in [0.2, 0.25) is 0 Å². The van der Waals surface area contributed by atoms with Gasteiger partial charge >= 0.3 is 0 Å². The van der Waals surface area contributed by atoms with Crippen LogP contribution in [-0.4, -0.2) is 7.15 Å². The molecular formula is C18H13BrFNS2. The average Bonchev–Trinajstić information content (AvgIpc) is 3.23. The first-order valence-corrected chi connectivity index (χ1v) is 9.08. The van der Waals surface area contributed by atoms with Crippen LogP contribution in [0.5, 0.6) is 0 Å². The van der Waals surface area contributed by atoms with Gasteiger partial charge < -0.3 is 0 Å². The normalized spacial score (nSPS) is 10.0. The van der Waals surface area contributed by atoms with E-state index in [0.717, 1.165) is 15.4 Å². The highest BCUT2D eigenvalue weighted by molar-refractivity contribution is 9.10. The number of fused-ring (bicyclic) bond motifs is 2. The summed E-state index contributed by atoms with van der Waals surface area (Å²) in [5, 5.41) is 15.2. The van der Waals surface area contributed by atoms with Crippen molar-refractivity contribution in [1.82, 2.24) is 0 Å². The number of thiophene rings is 2. The van der Waals surface area contributed by atoms with E-state index < -0.39 is 7.15 Å². The Kier molecular flexibility index (Phi) is 6.16. The molecule has 1 nitrogen and oxygen atoms in total. The second-order valence-electron chi connectivity index (χ2n) is 4.39. The highest BCUT2D eigenvalue weighted by Gasteiger charge is 1.95. The molecule has 0 aliphatic carbocycles. The van der Waals surface area contributed by atoms with Crippen LogP contribution in [0.2, 0.25) is 0 Å². The number of nitrogens with zero attached hydrogens (tertiary/aromatic N) is 1. The quantitative estimate of drug-likeness (QED) is 0.307. The summed E-state index contributed by atoms with van der Waals surface area (Å²) in [6.45, 7) is 0. The fourth-order valence-electron chi connectivity index (χ4n) is 1.97. The Bertz CT molecular complexity index is 958. The molecule has 0 aliphatic heterocycles. The Hall–Kier alpha value is -1.74. The largest absolute Gasteiger partial charge is 0.255 e. The van der Waals surface area contributed by atoms with Gasteiger partial charge in [-0.2, -0.15) is 5.26 Å². The molecule has 0 unspecified atom stereocenters. The predicted octanol–water partition coefficient (Wildman–Crippen LogP) is 7.02. The second-order valence-corrected chi connectivity index (χ2v) is 7.20. The lowest BCUT2D eigenvalue weighted by Gasteiger charge is -1.88. The van der Waals surface area contributed by atoms with Crippen LogP contribution in [0.15, 0.2) is 63.8 Å². The molecule has 0 N–H and O–H groups in total. The molecule has 0 amide bonds. The Labute approximate surface area is 152 Å². The zero-order valence-electron chi connectivity index (χ0n) is 13.0. The van der Waals surface area contributed by atoms with Gasteiger partial charge in [-0.05, 0) is 70.1 Å². The molecule has 0 saturated carbocycles. The molecule has 0 spiro atoms. The van der Waals surface area contributed by atoms with Crippen molar-refractivity contribution in [1.29, 1.82) is 5.26 Å². The number of alkyl halides is 1. The number of halogens is 2. The Morgan fingerprint density at radius 2 is 1.57 bits per heavy atom. The molecule has 2 heterocycles. The minimum Gasteiger partial charge on any atom is -0.255 e. The van der Waals surface area contributed by atoms with Crippen molar-refractivity contribution in [2.75, 3.05) is 7.15 Å². The molecule has 0 bridgehead atoms. The molecule has 5 heteroatoms. The monoisotopic (exact) mass is 406 g/mol. The van der Waals surface area contributed by atoms with Crippen LogP contribution in [0.4, 0.5) is 4.39 Å². The summed E-state index contributed by atoms with van der Waals surface area (Å²) >= 11 is 6.89. The number of benzene rings is 2. The third kappa shape index (κ3) is 4.61. The molecule has 0 saturated heterocycles. The van der Waals surface area contributed by atoms with Crippen LogP contribution in [0.1, 0.15) is 6.93 Å². The van der Waals surface area contributed by atoms with Crippen LogP contribution in [0.25, 0.3) is 20.2 Å². The fourth-order valence-corrected chi connectivity index (χ4v) is 3.89. The molecule has 116 valence electrons. The molecule has 2 aromatic carbocycles. The van der Waals surface area contributed by atoms with Gasteiger partial charge in [-0.15, -0.1) is 22.7 Å². The molecule has 0 aliphatic rings. The molecule has 4 rings (SSSR count). The third-order valence-electron chi connectivity index (χ3n) is 3.00. The molecule has 0 atom stereocenters. The van der Waals surface area contributed by atoms with Gasteiger partial charge in [-0.3, -0.25) is 4.39 Å². The molecule has 0 radical (unpaired) electrons.